The Labute approximate surface area is 219 Å². The molecule has 1 unspecified atom stereocenters. The Morgan fingerprint density at radius 1 is 1.05 bits per heavy atom. The Bertz CT molecular complexity index is 1420. The number of alkyl halides is 3. The van der Waals surface area contributed by atoms with Crippen molar-refractivity contribution in [2.75, 3.05) is 7.11 Å². The van der Waals surface area contributed by atoms with E-state index in [2.05, 4.69) is 0 Å². The molecule has 0 radical (unpaired) electrons. The van der Waals surface area contributed by atoms with E-state index in [-0.39, 0.29) is 44.8 Å². The predicted octanol–water partition coefficient (Wildman–Crippen LogP) is 6.35. The van der Waals surface area contributed by atoms with Gasteiger partial charge in [-0.3, -0.25) is 9.59 Å². The number of aliphatic hydroxyl groups is 1. The van der Waals surface area contributed by atoms with Gasteiger partial charge in [-0.25, -0.2) is 0 Å². The second-order valence-electron chi connectivity index (χ2n) is 8.19. The Hall–Kier alpha value is -3.69. The van der Waals surface area contributed by atoms with Gasteiger partial charge in [0.2, 0.25) is 0 Å². The lowest BCUT2D eigenvalue weighted by atomic mass is 9.94. The number of phenols is 1. The molecule has 37 heavy (non-hydrogen) atoms. The van der Waals surface area contributed by atoms with Crippen LogP contribution < -0.4 is 4.74 Å². The number of likely N-dealkylation sites (tertiary alicyclic amines) is 1. The normalized spacial score (nSPS) is 17.4. The summed E-state index contributed by atoms with van der Waals surface area (Å²) < 4.78 is 45.0. The Balaban J connectivity index is 1.90. The SMILES string of the molecule is COc1c(Cl)cc(Cl)cc1/C(O)=C1\C(=O)C(=O)N(Cc2cccc(C(F)(F)F)c2)C1c1ccc(O)cc1. The number of amides is 1. The molecule has 1 aliphatic heterocycles. The summed E-state index contributed by atoms with van der Waals surface area (Å²) in [5.74, 6) is -2.84. The highest BCUT2D eigenvalue weighted by Gasteiger charge is 2.46. The maximum absolute atomic E-state index is 13.3. The zero-order valence-corrected chi connectivity index (χ0v) is 20.5. The molecule has 1 heterocycles. The van der Waals surface area contributed by atoms with Crippen molar-refractivity contribution in [3.8, 4) is 11.5 Å². The van der Waals surface area contributed by atoms with E-state index >= 15 is 0 Å². The topological polar surface area (TPSA) is 87.1 Å². The van der Waals surface area contributed by atoms with Gasteiger partial charge in [0.05, 0.1) is 34.9 Å². The molecule has 0 saturated carbocycles. The van der Waals surface area contributed by atoms with Crippen LogP contribution in [0.1, 0.15) is 28.3 Å². The number of nitrogens with zero attached hydrogens (tertiary/aromatic N) is 1. The van der Waals surface area contributed by atoms with Crippen LogP contribution in [0.5, 0.6) is 11.5 Å². The summed E-state index contributed by atoms with van der Waals surface area (Å²) in [5, 5.41) is 21.2. The van der Waals surface area contributed by atoms with Gasteiger partial charge in [0, 0.05) is 11.6 Å². The molecule has 1 saturated heterocycles. The molecular formula is C26H18Cl2F3NO5. The van der Waals surface area contributed by atoms with Crippen molar-refractivity contribution in [1.29, 1.82) is 0 Å². The van der Waals surface area contributed by atoms with Crippen LogP contribution in [0.15, 0.2) is 66.2 Å². The van der Waals surface area contributed by atoms with Crippen molar-refractivity contribution in [3.05, 3.63) is 98.5 Å². The van der Waals surface area contributed by atoms with Crippen molar-refractivity contribution in [2.24, 2.45) is 0 Å². The molecule has 1 fully saturated rings. The average Bonchev–Trinajstić information content (AvgIpc) is 3.08. The lowest BCUT2D eigenvalue weighted by Crippen LogP contribution is -2.29. The van der Waals surface area contributed by atoms with Gasteiger partial charge < -0.3 is 19.8 Å². The lowest BCUT2D eigenvalue weighted by molar-refractivity contribution is -0.140. The summed E-state index contributed by atoms with van der Waals surface area (Å²) in [5.41, 5.74) is -0.886. The molecule has 0 aliphatic carbocycles. The molecule has 2 N–H and O–H groups in total. The molecule has 1 atom stereocenters. The van der Waals surface area contributed by atoms with Crippen LogP contribution in [0.3, 0.4) is 0 Å². The first-order valence-corrected chi connectivity index (χ1v) is 11.4. The number of methoxy groups -OCH3 is 1. The minimum Gasteiger partial charge on any atom is -0.508 e. The fourth-order valence-electron chi connectivity index (χ4n) is 4.18. The van der Waals surface area contributed by atoms with E-state index < -0.39 is 35.2 Å². The van der Waals surface area contributed by atoms with Gasteiger partial charge in [0.15, 0.2) is 0 Å². The molecule has 11 heteroatoms. The first-order chi connectivity index (χ1) is 17.4. The van der Waals surface area contributed by atoms with Gasteiger partial charge in [-0.2, -0.15) is 13.2 Å². The molecule has 1 amide bonds. The average molecular weight is 552 g/mol. The first-order valence-electron chi connectivity index (χ1n) is 10.7. The summed E-state index contributed by atoms with van der Waals surface area (Å²) in [7, 11) is 1.29. The summed E-state index contributed by atoms with van der Waals surface area (Å²) in [6, 6.07) is 11.3. The standard InChI is InChI=1S/C26H18Cl2F3NO5/c1-37-24-18(10-16(27)11-19(24)28)22(34)20-21(14-5-7-17(33)8-6-14)32(25(36)23(20)35)12-13-3-2-4-15(9-13)26(29,30)31/h2-11,21,33-34H,12H2,1H3/b22-20+. The molecule has 3 aromatic rings. The van der Waals surface area contributed by atoms with E-state index in [1.165, 1.54) is 55.6 Å². The van der Waals surface area contributed by atoms with Crippen molar-refractivity contribution in [1.82, 2.24) is 4.90 Å². The van der Waals surface area contributed by atoms with E-state index in [0.717, 1.165) is 17.0 Å². The quantitative estimate of drug-likeness (QED) is 0.219. The molecule has 0 bridgehead atoms. The third-order valence-corrected chi connectivity index (χ3v) is 6.32. The Kier molecular flexibility index (Phi) is 7.12. The second-order valence-corrected chi connectivity index (χ2v) is 9.03. The van der Waals surface area contributed by atoms with E-state index in [9.17, 15) is 33.0 Å². The number of hydrogen-bond acceptors (Lipinski definition) is 5. The fraction of sp³-hybridized carbons (Fsp3) is 0.154. The van der Waals surface area contributed by atoms with E-state index in [4.69, 9.17) is 27.9 Å². The number of aliphatic hydroxyl groups excluding tert-OH is 1. The van der Waals surface area contributed by atoms with Crippen LogP contribution in [0.2, 0.25) is 10.0 Å². The highest BCUT2D eigenvalue weighted by molar-refractivity contribution is 6.46. The molecule has 4 rings (SSSR count). The fourth-order valence-corrected chi connectivity index (χ4v) is 4.75. The minimum atomic E-state index is -4.61. The summed E-state index contributed by atoms with van der Waals surface area (Å²) in [6.45, 7) is -0.371. The highest BCUT2D eigenvalue weighted by Crippen LogP contribution is 2.44. The van der Waals surface area contributed by atoms with E-state index in [1.807, 2.05) is 0 Å². The number of ether oxygens (including phenoxy) is 1. The van der Waals surface area contributed by atoms with E-state index in [1.54, 1.807) is 0 Å². The van der Waals surface area contributed by atoms with Gasteiger partial charge in [-0.1, -0.05) is 47.5 Å². The largest absolute Gasteiger partial charge is 0.508 e. The highest BCUT2D eigenvalue weighted by atomic mass is 35.5. The molecule has 6 nitrogen and oxygen atoms in total. The number of benzene rings is 3. The van der Waals surface area contributed by atoms with Gasteiger partial charge in [-0.05, 0) is 47.5 Å². The van der Waals surface area contributed by atoms with Crippen molar-refractivity contribution in [2.45, 2.75) is 18.8 Å². The number of phenolic OH excluding ortho intramolecular Hbond substituents is 1. The molecular weight excluding hydrogens is 534 g/mol. The number of ketones is 1. The minimum absolute atomic E-state index is 0.00269. The molecule has 1 aliphatic rings. The predicted molar refractivity (Wildman–Crippen MR) is 130 cm³/mol. The van der Waals surface area contributed by atoms with Crippen LogP contribution in [0.25, 0.3) is 5.76 Å². The third kappa shape index (κ3) is 5.10. The van der Waals surface area contributed by atoms with Crippen LogP contribution in [0.4, 0.5) is 13.2 Å². The number of halogens is 5. The molecule has 0 spiro atoms. The van der Waals surface area contributed by atoms with Gasteiger partial charge in [0.25, 0.3) is 11.7 Å². The zero-order valence-electron chi connectivity index (χ0n) is 19.0. The lowest BCUT2D eigenvalue weighted by Gasteiger charge is -2.26. The Morgan fingerprint density at radius 2 is 1.73 bits per heavy atom. The summed E-state index contributed by atoms with van der Waals surface area (Å²) in [6.07, 6.45) is -4.61. The Morgan fingerprint density at radius 3 is 2.35 bits per heavy atom. The van der Waals surface area contributed by atoms with Crippen molar-refractivity contribution in [3.63, 3.8) is 0 Å². The maximum Gasteiger partial charge on any atom is 0.416 e. The molecule has 3 aromatic carbocycles. The third-order valence-electron chi connectivity index (χ3n) is 5.82. The van der Waals surface area contributed by atoms with Gasteiger partial charge >= 0.3 is 6.18 Å². The first kappa shape index (κ1) is 26.4. The van der Waals surface area contributed by atoms with Crippen LogP contribution in [-0.2, 0) is 22.3 Å². The van der Waals surface area contributed by atoms with Crippen LogP contribution in [0, 0.1) is 0 Å². The van der Waals surface area contributed by atoms with Crippen molar-refractivity contribution < 1.29 is 37.7 Å². The summed E-state index contributed by atoms with van der Waals surface area (Å²) >= 11 is 12.3. The number of hydrogen-bond donors (Lipinski definition) is 2. The molecule has 0 aromatic heterocycles. The second kappa shape index (κ2) is 9.99. The molecule has 192 valence electrons. The number of carbonyl (C=O) groups is 2. The zero-order chi connectivity index (χ0) is 27.1. The summed E-state index contributed by atoms with van der Waals surface area (Å²) in [4.78, 5) is 27.4. The van der Waals surface area contributed by atoms with Crippen molar-refractivity contribution >= 4 is 40.7 Å². The van der Waals surface area contributed by atoms with Crippen LogP contribution in [-0.4, -0.2) is 33.9 Å². The number of aromatic hydroxyl groups is 1. The number of carbonyl (C=O) groups excluding carboxylic acids is 2. The van der Waals surface area contributed by atoms with Gasteiger partial charge in [0.1, 0.15) is 17.3 Å². The number of Topliss-reactive ketones (excluding diaryl/α,β-unsaturated/α-hetero) is 1. The maximum atomic E-state index is 13.3. The van der Waals surface area contributed by atoms with Gasteiger partial charge in [-0.15, -0.1) is 0 Å². The smallest absolute Gasteiger partial charge is 0.416 e. The van der Waals surface area contributed by atoms with E-state index in [0.29, 0.717) is 5.56 Å². The van der Waals surface area contributed by atoms with Crippen LogP contribution >= 0.6 is 23.2 Å². The monoisotopic (exact) mass is 551 g/mol. The number of rotatable bonds is 5.